The number of ether oxygens (including phenoxy) is 1. The van der Waals surface area contributed by atoms with Crippen LogP contribution in [-0.4, -0.2) is 46.0 Å². The quantitative estimate of drug-likeness (QED) is 0.779. The normalized spacial score (nSPS) is 12.7. The largest absolute Gasteiger partial charge is 0.378 e. The monoisotopic (exact) mass is 356 g/mol. The van der Waals surface area contributed by atoms with Crippen LogP contribution >= 0.6 is 0 Å². The molecule has 0 fully saturated rings. The molecular formula is C22H32N2O2. The molecule has 0 aliphatic carbocycles. The molecule has 2 aromatic carbocycles. The van der Waals surface area contributed by atoms with E-state index in [1.54, 1.807) is 0 Å². The van der Waals surface area contributed by atoms with E-state index in [4.69, 9.17) is 4.74 Å². The lowest BCUT2D eigenvalue weighted by atomic mass is 9.80. The summed E-state index contributed by atoms with van der Waals surface area (Å²) >= 11 is 0. The first-order valence-corrected chi connectivity index (χ1v) is 9.24. The van der Waals surface area contributed by atoms with Gasteiger partial charge in [0, 0.05) is 46.2 Å². The van der Waals surface area contributed by atoms with Crippen LogP contribution in [0.1, 0.15) is 31.4 Å². The summed E-state index contributed by atoms with van der Waals surface area (Å²) in [5.41, 5.74) is 2.70. The molecule has 26 heavy (non-hydrogen) atoms. The minimum absolute atomic E-state index is 0.317. The van der Waals surface area contributed by atoms with E-state index >= 15 is 0 Å². The first-order valence-electron chi connectivity index (χ1n) is 9.24. The highest BCUT2D eigenvalue weighted by molar-refractivity contribution is 5.52. The van der Waals surface area contributed by atoms with Crippen LogP contribution in [0.15, 0.2) is 48.5 Å². The van der Waals surface area contributed by atoms with Crippen LogP contribution in [0.2, 0.25) is 0 Å². The third kappa shape index (κ3) is 4.02. The van der Waals surface area contributed by atoms with Gasteiger partial charge in [0.15, 0.2) is 0 Å². The molecule has 1 atom stereocenters. The predicted octanol–water partition coefficient (Wildman–Crippen LogP) is 3.87. The smallest absolute Gasteiger partial charge is 0.141 e. The van der Waals surface area contributed by atoms with Gasteiger partial charge in [-0.3, -0.25) is 0 Å². The first kappa shape index (κ1) is 20.3. The standard InChI is InChI=1S/C22H32N2O2/c1-7-21(26-8-2)22(25,17-9-13-19(14-10-17)23(3)4)18-11-15-20(16-12-18)24(5)6/h9-16,21,25H,7-8H2,1-6H3/t21-/m1/s1. The summed E-state index contributed by atoms with van der Waals surface area (Å²) in [5, 5.41) is 11.9. The summed E-state index contributed by atoms with van der Waals surface area (Å²) in [5.74, 6) is 0. The van der Waals surface area contributed by atoms with Gasteiger partial charge in [-0.05, 0) is 48.7 Å². The van der Waals surface area contributed by atoms with Gasteiger partial charge in [-0.25, -0.2) is 0 Å². The molecular weight excluding hydrogens is 324 g/mol. The maximum Gasteiger partial charge on any atom is 0.141 e. The molecule has 0 aromatic heterocycles. The lowest BCUT2D eigenvalue weighted by molar-refractivity contribution is -0.0880. The Kier molecular flexibility index (Phi) is 6.68. The minimum atomic E-state index is -1.19. The van der Waals surface area contributed by atoms with Gasteiger partial charge < -0.3 is 19.6 Å². The van der Waals surface area contributed by atoms with Crippen molar-refractivity contribution >= 4 is 11.4 Å². The number of hydrogen-bond donors (Lipinski definition) is 1. The highest BCUT2D eigenvalue weighted by Gasteiger charge is 2.40. The van der Waals surface area contributed by atoms with Crippen LogP contribution in [0, 0.1) is 0 Å². The van der Waals surface area contributed by atoms with E-state index in [1.165, 1.54) is 0 Å². The Morgan fingerprint density at radius 3 is 1.46 bits per heavy atom. The van der Waals surface area contributed by atoms with Gasteiger partial charge in [0.05, 0.1) is 6.10 Å². The number of anilines is 2. The Morgan fingerprint density at radius 2 is 1.19 bits per heavy atom. The molecule has 142 valence electrons. The number of rotatable bonds is 8. The van der Waals surface area contributed by atoms with Crippen LogP contribution in [0.5, 0.6) is 0 Å². The second-order valence-electron chi connectivity index (χ2n) is 7.00. The summed E-state index contributed by atoms with van der Waals surface area (Å²) in [6.45, 7) is 4.58. The molecule has 0 bridgehead atoms. The highest BCUT2D eigenvalue weighted by atomic mass is 16.5. The van der Waals surface area contributed by atoms with Crippen molar-refractivity contribution in [2.24, 2.45) is 0 Å². The van der Waals surface area contributed by atoms with E-state index in [-0.39, 0.29) is 6.10 Å². The van der Waals surface area contributed by atoms with E-state index < -0.39 is 5.60 Å². The zero-order valence-corrected chi connectivity index (χ0v) is 16.9. The van der Waals surface area contributed by atoms with Gasteiger partial charge in [-0.15, -0.1) is 0 Å². The van der Waals surface area contributed by atoms with Gasteiger partial charge >= 0.3 is 0 Å². The molecule has 0 amide bonds. The molecule has 0 radical (unpaired) electrons. The van der Waals surface area contributed by atoms with Crippen molar-refractivity contribution < 1.29 is 9.84 Å². The number of nitrogens with zero attached hydrogens (tertiary/aromatic N) is 2. The molecule has 0 aliphatic heterocycles. The summed E-state index contributed by atoms with van der Waals surface area (Å²) in [7, 11) is 8.04. The Bertz CT molecular complexity index is 627. The SMILES string of the molecule is CCO[C@H](CC)C(O)(c1ccc(N(C)C)cc1)c1ccc(N(C)C)cc1. The molecule has 4 heteroatoms. The number of aliphatic hydroxyl groups is 1. The Labute approximate surface area is 158 Å². The van der Waals surface area contributed by atoms with Crippen LogP contribution in [0.4, 0.5) is 11.4 Å². The average molecular weight is 357 g/mol. The third-order valence-corrected chi connectivity index (χ3v) is 4.85. The van der Waals surface area contributed by atoms with Crippen LogP contribution < -0.4 is 9.80 Å². The van der Waals surface area contributed by atoms with E-state index in [0.29, 0.717) is 6.61 Å². The summed E-state index contributed by atoms with van der Waals surface area (Å²) in [6.07, 6.45) is 0.401. The van der Waals surface area contributed by atoms with Crippen molar-refractivity contribution in [3.8, 4) is 0 Å². The Hall–Kier alpha value is -2.04. The molecule has 0 saturated carbocycles. The van der Waals surface area contributed by atoms with Gasteiger partial charge in [-0.1, -0.05) is 31.2 Å². The van der Waals surface area contributed by atoms with Gasteiger partial charge in [0.25, 0.3) is 0 Å². The minimum Gasteiger partial charge on any atom is -0.378 e. The second-order valence-corrected chi connectivity index (χ2v) is 7.00. The van der Waals surface area contributed by atoms with Gasteiger partial charge in [0.1, 0.15) is 5.60 Å². The predicted molar refractivity (Wildman–Crippen MR) is 110 cm³/mol. The van der Waals surface area contributed by atoms with E-state index in [0.717, 1.165) is 28.9 Å². The molecule has 0 heterocycles. The fourth-order valence-electron chi connectivity index (χ4n) is 3.30. The van der Waals surface area contributed by atoms with Crippen LogP contribution in [0.25, 0.3) is 0 Å². The van der Waals surface area contributed by atoms with Gasteiger partial charge in [0.2, 0.25) is 0 Å². The van der Waals surface area contributed by atoms with Crippen molar-refractivity contribution in [3.63, 3.8) is 0 Å². The zero-order valence-electron chi connectivity index (χ0n) is 16.9. The van der Waals surface area contributed by atoms with Crippen LogP contribution in [0.3, 0.4) is 0 Å². The van der Waals surface area contributed by atoms with Crippen molar-refractivity contribution in [3.05, 3.63) is 59.7 Å². The number of hydrogen-bond acceptors (Lipinski definition) is 4. The number of benzene rings is 2. The molecule has 0 aliphatic rings. The van der Waals surface area contributed by atoms with E-state index in [1.807, 2.05) is 90.6 Å². The molecule has 2 rings (SSSR count). The highest BCUT2D eigenvalue weighted by Crippen LogP contribution is 2.37. The fourth-order valence-corrected chi connectivity index (χ4v) is 3.30. The topological polar surface area (TPSA) is 35.9 Å². The fraction of sp³-hybridized carbons (Fsp3) is 0.455. The molecule has 0 spiro atoms. The van der Waals surface area contributed by atoms with Gasteiger partial charge in [-0.2, -0.15) is 0 Å². The van der Waals surface area contributed by atoms with E-state index in [9.17, 15) is 5.11 Å². The zero-order chi connectivity index (χ0) is 19.3. The average Bonchev–Trinajstić information content (AvgIpc) is 2.65. The Balaban J connectivity index is 2.54. The Morgan fingerprint density at radius 1 is 0.808 bits per heavy atom. The lowest BCUT2D eigenvalue weighted by Crippen LogP contribution is -2.42. The van der Waals surface area contributed by atoms with Crippen molar-refractivity contribution in [1.82, 2.24) is 0 Å². The lowest BCUT2D eigenvalue weighted by Gasteiger charge is -2.37. The van der Waals surface area contributed by atoms with E-state index in [2.05, 4.69) is 9.80 Å². The molecule has 4 nitrogen and oxygen atoms in total. The van der Waals surface area contributed by atoms with Crippen molar-refractivity contribution in [1.29, 1.82) is 0 Å². The third-order valence-electron chi connectivity index (χ3n) is 4.85. The molecule has 0 saturated heterocycles. The summed E-state index contributed by atoms with van der Waals surface area (Å²) in [6, 6.07) is 16.1. The van der Waals surface area contributed by atoms with Crippen molar-refractivity contribution in [2.75, 3.05) is 44.6 Å². The maximum absolute atomic E-state index is 11.9. The first-order chi connectivity index (χ1) is 12.3. The maximum atomic E-state index is 11.9. The summed E-state index contributed by atoms with van der Waals surface area (Å²) in [4.78, 5) is 4.10. The molecule has 0 unspecified atom stereocenters. The van der Waals surface area contributed by atoms with Crippen molar-refractivity contribution in [2.45, 2.75) is 32.0 Å². The molecule has 1 N–H and O–H groups in total. The second kappa shape index (κ2) is 8.56. The van der Waals surface area contributed by atoms with Crippen LogP contribution in [-0.2, 0) is 10.3 Å². The molecule has 2 aromatic rings. The summed E-state index contributed by atoms with van der Waals surface area (Å²) < 4.78 is 5.95.